The van der Waals surface area contributed by atoms with E-state index in [4.69, 9.17) is 4.52 Å². The number of aliphatic hydroxyl groups is 1. The first-order valence-corrected chi connectivity index (χ1v) is 9.16. The van der Waals surface area contributed by atoms with E-state index in [-0.39, 0.29) is 17.7 Å². The van der Waals surface area contributed by atoms with Gasteiger partial charge in [0.2, 0.25) is 0 Å². The molecule has 0 spiro atoms. The van der Waals surface area contributed by atoms with Gasteiger partial charge in [0.15, 0.2) is 11.5 Å². The Morgan fingerprint density at radius 1 is 1.37 bits per heavy atom. The van der Waals surface area contributed by atoms with Gasteiger partial charge in [-0.05, 0) is 37.5 Å². The lowest BCUT2D eigenvalue weighted by Crippen LogP contribution is -2.35. The number of nitrogens with one attached hydrogen (secondary N) is 2. The second-order valence-electron chi connectivity index (χ2n) is 7.07. The van der Waals surface area contributed by atoms with Gasteiger partial charge in [-0.15, -0.1) is 0 Å². The molecule has 0 atom stereocenters. The molecule has 3 aromatic rings. The fraction of sp³-hybridized carbons (Fsp3) is 0.421. The van der Waals surface area contributed by atoms with Crippen LogP contribution in [0.5, 0.6) is 0 Å². The average Bonchev–Trinajstić information content (AvgIpc) is 3.28. The van der Waals surface area contributed by atoms with Crippen LogP contribution in [0.3, 0.4) is 0 Å². The van der Waals surface area contributed by atoms with E-state index >= 15 is 0 Å². The molecule has 1 fully saturated rings. The molecule has 3 N–H and O–H groups in total. The van der Waals surface area contributed by atoms with Crippen LogP contribution in [0.1, 0.15) is 40.5 Å². The summed E-state index contributed by atoms with van der Waals surface area (Å²) in [5, 5.41) is 16.2. The molecule has 1 aliphatic rings. The smallest absolute Gasteiger partial charge is 0.273 e. The number of aromatic amines is 1. The molecule has 1 aliphatic heterocycles. The summed E-state index contributed by atoms with van der Waals surface area (Å²) in [7, 11) is 0. The van der Waals surface area contributed by atoms with Gasteiger partial charge in [-0.2, -0.15) is 0 Å². The van der Waals surface area contributed by atoms with E-state index in [2.05, 4.69) is 25.3 Å². The van der Waals surface area contributed by atoms with E-state index in [0.29, 0.717) is 24.7 Å². The Morgan fingerprint density at radius 2 is 2.19 bits per heavy atom. The Kier molecular flexibility index (Phi) is 4.91. The van der Waals surface area contributed by atoms with E-state index in [0.717, 1.165) is 42.5 Å². The van der Waals surface area contributed by atoms with Crippen LogP contribution >= 0.6 is 0 Å². The van der Waals surface area contributed by atoms with Gasteiger partial charge in [-0.1, -0.05) is 11.2 Å². The monoisotopic (exact) mass is 369 g/mol. The summed E-state index contributed by atoms with van der Waals surface area (Å²) in [6.45, 7) is 4.54. The molecule has 0 unspecified atom stereocenters. The van der Waals surface area contributed by atoms with Gasteiger partial charge < -0.3 is 19.9 Å². The first-order valence-electron chi connectivity index (χ1n) is 9.16. The average molecular weight is 369 g/mol. The minimum absolute atomic E-state index is 0.209. The maximum Gasteiger partial charge on any atom is 0.273 e. The Labute approximate surface area is 156 Å². The Bertz CT molecular complexity index is 940. The predicted octanol–water partition coefficient (Wildman–Crippen LogP) is 1.75. The highest BCUT2D eigenvalue weighted by molar-refractivity contribution is 5.92. The summed E-state index contributed by atoms with van der Waals surface area (Å²) in [5.74, 6) is 1.05. The molecule has 27 heavy (non-hydrogen) atoms. The molecule has 8 nitrogen and oxygen atoms in total. The zero-order valence-corrected chi connectivity index (χ0v) is 15.2. The standard InChI is InChI=1S/C19H23N5O3/c1-12-2-3-15-16(8-12)22-18(21-15)10-20-19(26)17-9-14(27-23-17)11-24-6-4-13(25)5-7-24/h2-3,8-9,13,25H,4-7,10-11H2,1H3,(H,20,26)(H,21,22). The van der Waals surface area contributed by atoms with Gasteiger partial charge in [0.1, 0.15) is 5.82 Å². The van der Waals surface area contributed by atoms with E-state index in [1.54, 1.807) is 6.07 Å². The molecule has 1 amide bonds. The Hall–Kier alpha value is -2.71. The van der Waals surface area contributed by atoms with Crippen LogP contribution in [0.15, 0.2) is 28.8 Å². The van der Waals surface area contributed by atoms with Crippen LogP contribution in [0, 0.1) is 6.92 Å². The summed E-state index contributed by atoms with van der Waals surface area (Å²) in [6.07, 6.45) is 1.32. The quantitative estimate of drug-likeness (QED) is 0.632. The van der Waals surface area contributed by atoms with Crippen molar-refractivity contribution < 1.29 is 14.4 Å². The highest BCUT2D eigenvalue weighted by Crippen LogP contribution is 2.15. The summed E-state index contributed by atoms with van der Waals surface area (Å²) in [5.41, 5.74) is 3.24. The summed E-state index contributed by atoms with van der Waals surface area (Å²) >= 11 is 0. The molecule has 4 rings (SSSR count). The van der Waals surface area contributed by atoms with Gasteiger partial charge in [-0.3, -0.25) is 9.69 Å². The molecule has 3 heterocycles. The topological polar surface area (TPSA) is 107 Å². The third-order valence-corrected chi connectivity index (χ3v) is 4.83. The first kappa shape index (κ1) is 17.7. The lowest BCUT2D eigenvalue weighted by molar-refractivity contribution is 0.0748. The van der Waals surface area contributed by atoms with Crippen molar-refractivity contribution in [3.63, 3.8) is 0 Å². The van der Waals surface area contributed by atoms with E-state index < -0.39 is 0 Å². The van der Waals surface area contributed by atoms with Crippen LogP contribution < -0.4 is 5.32 Å². The van der Waals surface area contributed by atoms with Crippen LogP contribution in [0.2, 0.25) is 0 Å². The number of carbonyl (C=O) groups excluding carboxylic acids is 1. The number of likely N-dealkylation sites (tertiary alicyclic amines) is 1. The number of H-pyrrole nitrogens is 1. The SMILES string of the molecule is Cc1ccc2nc(CNC(=O)c3cc(CN4CCC(O)CC4)on3)[nH]c2c1. The second kappa shape index (κ2) is 7.50. The maximum atomic E-state index is 12.3. The molecule has 1 aromatic carbocycles. The predicted molar refractivity (Wildman–Crippen MR) is 99.0 cm³/mol. The number of piperidine rings is 1. The summed E-state index contributed by atoms with van der Waals surface area (Å²) in [6, 6.07) is 7.65. The zero-order chi connectivity index (χ0) is 18.8. The van der Waals surface area contributed by atoms with Crippen molar-refractivity contribution in [2.45, 2.75) is 39.0 Å². The zero-order valence-electron chi connectivity index (χ0n) is 15.2. The van der Waals surface area contributed by atoms with Gasteiger partial charge >= 0.3 is 0 Å². The molecule has 0 radical (unpaired) electrons. The molecule has 8 heteroatoms. The Morgan fingerprint density at radius 3 is 3.00 bits per heavy atom. The molecule has 0 saturated carbocycles. The molecule has 0 aliphatic carbocycles. The van der Waals surface area contributed by atoms with E-state index in [1.165, 1.54) is 0 Å². The summed E-state index contributed by atoms with van der Waals surface area (Å²) < 4.78 is 5.29. The minimum atomic E-state index is -0.296. The second-order valence-corrected chi connectivity index (χ2v) is 7.07. The number of hydrogen-bond acceptors (Lipinski definition) is 6. The number of imidazole rings is 1. The van der Waals surface area contributed by atoms with Crippen molar-refractivity contribution in [1.82, 2.24) is 25.3 Å². The number of aliphatic hydroxyl groups excluding tert-OH is 1. The maximum absolute atomic E-state index is 12.3. The number of nitrogens with zero attached hydrogens (tertiary/aromatic N) is 3. The lowest BCUT2D eigenvalue weighted by Gasteiger charge is -2.28. The molecular formula is C19H23N5O3. The lowest BCUT2D eigenvalue weighted by atomic mass is 10.1. The third-order valence-electron chi connectivity index (χ3n) is 4.83. The Balaban J connectivity index is 1.33. The van der Waals surface area contributed by atoms with Crippen LogP contribution in [-0.4, -0.2) is 50.2 Å². The van der Waals surface area contributed by atoms with Crippen molar-refractivity contribution in [2.75, 3.05) is 13.1 Å². The number of rotatable bonds is 5. The first-order chi connectivity index (χ1) is 13.1. The highest BCUT2D eigenvalue weighted by Gasteiger charge is 2.20. The number of benzene rings is 1. The number of aromatic nitrogens is 3. The van der Waals surface area contributed by atoms with Crippen LogP contribution in [0.25, 0.3) is 11.0 Å². The molecule has 2 aromatic heterocycles. The van der Waals surface area contributed by atoms with Gasteiger partial charge in [0.05, 0.1) is 30.2 Å². The number of carbonyl (C=O) groups is 1. The van der Waals surface area contributed by atoms with Gasteiger partial charge in [0, 0.05) is 19.2 Å². The summed E-state index contributed by atoms with van der Waals surface area (Å²) in [4.78, 5) is 22.2. The van der Waals surface area contributed by atoms with E-state index in [1.807, 2.05) is 25.1 Å². The minimum Gasteiger partial charge on any atom is -0.393 e. The molecule has 142 valence electrons. The number of fused-ring (bicyclic) bond motifs is 1. The van der Waals surface area contributed by atoms with Gasteiger partial charge in [0.25, 0.3) is 5.91 Å². The number of aryl methyl sites for hydroxylation is 1. The van der Waals surface area contributed by atoms with Crippen molar-refractivity contribution in [1.29, 1.82) is 0 Å². The molecule has 0 bridgehead atoms. The van der Waals surface area contributed by atoms with Crippen molar-refractivity contribution >= 4 is 16.9 Å². The van der Waals surface area contributed by atoms with Gasteiger partial charge in [-0.25, -0.2) is 4.98 Å². The van der Waals surface area contributed by atoms with Crippen molar-refractivity contribution in [2.24, 2.45) is 0 Å². The number of hydrogen-bond donors (Lipinski definition) is 3. The fourth-order valence-electron chi connectivity index (χ4n) is 3.31. The van der Waals surface area contributed by atoms with Crippen LogP contribution in [-0.2, 0) is 13.1 Å². The normalized spacial score (nSPS) is 16.1. The highest BCUT2D eigenvalue weighted by atomic mass is 16.5. The number of amides is 1. The van der Waals surface area contributed by atoms with E-state index in [9.17, 15) is 9.90 Å². The third kappa shape index (κ3) is 4.17. The molecular weight excluding hydrogens is 346 g/mol. The largest absolute Gasteiger partial charge is 0.393 e. The van der Waals surface area contributed by atoms with Crippen molar-refractivity contribution in [3.8, 4) is 0 Å². The van der Waals surface area contributed by atoms with Crippen LogP contribution in [0.4, 0.5) is 0 Å². The fourth-order valence-corrected chi connectivity index (χ4v) is 3.31. The van der Waals surface area contributed by atoms with Crippen molar-refractivity contribution in [3.05, 3.63) is 47.1 Å². The molecule has 1 saturated heterocycles.